The van der Waals surface area contributed by atoms with Gasteiger partial charge in [0.1, 0.15) is 0 Å². The van der Waals surface area contributed by atoms with E-state index in [0.717, 1.165) is 13.0 Å². The van der Waals surface area contributed by atoms with Gasteiger partial charge in [-0.15, -0.1) is 0 Å². The average Bonchev–Trinajstić information content (AvgIpc) is 2.38. The number of hydrogen-bond donors (Lipinski definition) is 1. The molecule has 0 aliphatic carbocycles. The van der Waals surface area contributed by atoms with E-state index in [0.29, 0.717) is 12.6 Å². The third kappa shape index (κ3) is 3.54. The monoisotopic (exact) mass is 284 g/mol. The lowest BCUT2D eigenvalue weighted by atomic mass is 10.0. The highest BCUT2D eigenvalue weighted by molar-refractivity contribution is 6.30. The summed E-state index contributed by atoms with van der Waals surface area (Å²) in [6.45, 7) is 1.73. The second-order valence-corrected chi connectivity index (χ2v) is 5.23. The minimum Gasteiger partial charge on any atom is -0.363 e. The molecule has 1 atom stereocenters. The summed E-state index contributed by atoms with van der Waals surface area (Å²) in [5, 5.41) is 14.3. The van der Waals surface area contributed by atoms with Crippen LogP contribution in [0.4, 0.5) is 11.5 Å². The van der Waals surface area contributed by atoms with Crippen molar-refractivity contribution in [2.24, 2.45) is 0 Å². The van der Waals surface area contributed by atoms with Gasteiger partial charge in [-0.1, -0.05) is 18.0 Å². The van der Waals surface area contributed by atoms with Crippen LogP contribution in [0.2, 0.25) is 5.02 Å². The van der Waals surface area contributed by atoms with Crippen LogP contribution in [-0.2, 0) is 0 Å². The normalized spacial score (nSPS) is 20.2. The van der Waals surface area contributed by atoms with Crippen molar-refractivity contribution < 1.29 is 4.92 Å². The number of nitro groups is 1. The zero-order valence-electron chi connectivity index (χ0n) is 10.8. The van der Waals surface area contributed by atoms with Gasteiger partial charge in [-0.3, -0.25) is 10.1 Å². The molecule has 1 saturated heterocycles. The molecule has 0 aromatic carbocycles. The van der Waals surface area contributed by atoms with Crippen molar-refractivity contribution in [2.75, 3.05) is 25.5 Å². The summed E-state index contributed by atoms with van der Waals surface area (Å²) < 4.78 is 0. The zero-order valence-corrected chi connectivity index (χ0v) is 11.6. The number of nitrogens with one attached hydrogen (secondary N) is 1. The van der Waals surface area contributed by atoms with E-state index in [1.54, 1.807) is 0 Å². The molecule has 1 unspecified atom stereocenters. The zero-order chi connectivity index (χ0) is 13.8. The SMILES string of the molecule is CN1CCCCC1CNc1ncc(Cl)cc1[N+](=O)[O-]. The number of halogens is 1. The number of nitrogens with zero attached hydrogens (tertiary/aromatic N) is 3. The van der Waals surface area contributed by atoms with Crippen LogP contribution >= 0.6 is 11.6 Å². The Morgan fingerprint density at radius 1 is 1.63 bits per heavy atom. The van der Waals surface area contributed by atoms with E-state index in [1.807, 2.05) is 0 Å². The van der Waals surface area contributed by atoms with Gasteiger partial charge < -0.3 is 10.2 Å². The molecule has 0 saturated carbocycles. The second kappa shape index (κ2) is 6.16. The Morgan fingerprint density at radius 3 is 3.11 bits per heavy atom. The molecule has 0 amide bonds. The molecule has 1 fully saturated rings. The largest absolute Gasteiger partial charge is 0.363 e. The molecule has 1 aromatic heterocycles. The second-order valence-electron chi connectivity index (χ2n) is 4.79. The van der Waals surface area contributed by atoms with E-state index in [4.69, 9.17) is 11.6 Å². The molecule has 1 aromatic rings. The Balaban J connectivity index is 2.04. The Hall–Kier alpha value is -1.40. The standard InChI is InChI=1S/C12H17ClN4O2/c1-16-5-3-2-4-10(16)8-15-12-11(17(18)19)6-9(13)7-14-12/h6-7,10H,2-5,8H2,1H3,(H,14,15). The first-order valence-corrected chi connectivity index (χ1v) is 6.70. The Morgan fingerprint density at radius 2 is 2.42 bits per heavy atom. The number of piperidine rings is 1. The van der Waals surface area contributed by atoms with E-state index in [-0.39, 0.29) is 16.5 Å². The van der Waals surface area contributed by atoms with Crippen LogP contribution in [0.25, 0.3) is 0 Å². The van der Waals surface area contributed by atoms with E-state index in [2.05, 4.69) is 22.2 Å². The van der Waals surface area contributed by atoms with Gasteiger partial charge in [-0.05, 0) is 26.4 Å². The summed E-state index contributed by atoms with van der Waals surface area (Å²) in [5.41, 5.74) is -0.0778. The van der Waals surface area contributed by atoms with Crippen LogP contribution in [0.5, 0.6) is 0 Å². The van der Waals surface area contributed by atoms with Crippen molar-refractivity contribution in [3.05, 3.63) is 27.4 Å². The van der Waals surface area contributed by atoms with E-state index in [1.165, 1.54) is 25.1 Å². The molecule has 0 bridgehead atoms. The fraction of sp³-hybridized carbons (Fsp3) is 0.583. The number of hydrogen-bond acceptors (Lipinski definition) is 5. The Bertz CT molecular complexity index is 469. The molecule has 1 aliphatic rings. The highest BCUT2D eigenvalue weighted by Gasteiger charge is 2.21. The molecular formula is C12H17ClN4O2. The number of likely N-dealkylation sites (tertiary alicyclic amines) is 1. The smallest absolute Gasteiger partial charge is 0.312 e. The fourth-order valence-corrected chi connectivity index (χ4v) is 2.47. The summed E-state index contributed by atoms with van der Waals surface area (Å²) in [6, 6.07) is 1.72. The van der Waals surface area contributed by atoms with Crippen LogP contribution in [0.15, 0.2) is 12.3 Å². The maximum absolute atomic E-state index is 10.9. The predicted molar refractivity (Wildman–Crippen MR) is 74.7 cm³/mol. The van der Waals surface area contributed by atoms with Crippen LogP contribution in [0.3, 0.4) is 0 Å². The lowest BCUT2D eigenvalue weighted by Gasteiger charge is -2.32. The number of pyridine rings is 1. The fourth-order valence-electron chi connectivity index (χ4n) is 2.32. The summed E-state index contributed by atoms with van der Waals surface area (Å²) in [5.74, 6) is 0.286. The lowest BCUT2D eigenvalue weighted by molar-refractivity contribution is -0.384. The Labute approximate surface area is 116 Å². The summed E-state index contributed by atoms with van der Waals surface area (Å²) >= 11 is 5.73. The molecule has 7 heteroatoms. The molecule has 2 heterocycles. The summed E-state index contributed by atoms with van der Waals surface area (Å²) in [4.78, 5) is 16.8. The van der Waals surface area contributed by atoms with Crippen LogP contribution in [0, 0.1) is 10.1 Å². The highest BCUT2D eigenvalue weighted by Crippen LogP contribution is 2.25. The lowest BCUT2D eigenvalue weighted by Crippen LogP contribution is -2.40. The van der Waals surface area contributed by atoms with Crippen molar-refractivity contribution in [3.8, 4) is 0 Å². The van der Waals surface area contributed by atoms with Gasteiger partial charge in [0.15, 0.2) is 0 Å². The number of likely N-dealkylation sites (N-methyl/N-ethyl adjacent to an activating group) is 1. The maximum Gasteiger partial charge on any atom is 0.312 e. The first kappa shape index (κ1) is 14.0. The molecule has 0 spiro atoms. The molecule has 1 N–H and O–H groups in total. The first-order valence-electron chi connectivity index (χ1n) is 6.32. The summed E-state index contributed by atoms with van der Waals surface area (Å²) in [7, 11) is 2.08. The van der Waals surface area contributed by atoms with Crippen molar-refractivity contribution in [3.63, 3.8) is 0 Å². The summed E-state index contributed by atoms with van der Waals surface area (Å²) in [6.07, 6.45) is 4.94. The van der Waals surface area contributed by atoms with E-state index < -0.39 is 4.92 Å². The third-order valence-corrected chi connectivity index (χ3v) is 3.66. The minimum absolute atomic E-state index is 0.0778. The van der Waals surface area contributed by atoms with Crippen molar-refractivity contribution in [1.82, 2.24) is 9.88 Å². The number of anilines is 1. The molecule has 0 radical (unpaired) electrons. The highest BCUT2D eigenvalue weighted by atomic mass is 35.5. The van der Waals surface area contributed by atoms with Gasteiger partial charge in [-0.2, -0.15) is 0 Å². The Kier molecular flexibility index (Phi) is 4.55. The van der Waals surface area contributed by atoms with Gasteiger partial charge in [0.05, 0.1) is 9.95 Å². The van der Waals surface area contributed by atoms with E-state index in [9.17, 15) is 10.1 Å². The molecule has 1 aliphatic heterocycles. The quantitative estimate of drug-likeness (QED) is 0.679. The van der Waals surface area contributed by atoms with Crippen molar-refractivity contribution in [2.45, 2.75) is 25.3 Å². The van der Waals surface area contributed by atoms with Gasteiger partial charge in [-0.25, -0.2) is 4.98 Å². The maximum atomic E-state index is 10.9. The minimum atomic E-state index is -0.466. The topological polar surface area (TPSA) is 71.3 Å². The number of rotatable bonds is 4. The van der Waals surface area contributed by atoms with Gasteiger partial charge in [0, 0.05) is 24.8 Å². The molecule has 2 rings (SSSR count). The van der Waals surface area contributed by atoms with Crippen molar-refractivity contribution >= 4 is 23.1 Å². The van der Waals surface area contributed by atoms with Crippen LogP contribution in [-0.4, -0.2) is 41.0 Å². The van der Waals surface area contributed by atoms with Gasteiger partial charge >= 0.3 is 5.69 Å². The average molecular weight is 285 g/mol. The van der Waals surface area contributed by atoms with Crippen LogP contribution in [0.1, 0.15) is 19.3 Å². The third-order valence-electron chi connectivity index (χ3n) is 3.46. The number of aromatic nitrogens is 1. The van der Waals surface area contributed by atoms with Crippen LogP contribution < -0.4 is 5.32 Å². The van der Waals surface area contributed by atoms with Gasteiger partial charge in [0.25, 0.3) is 0 Å². The molecule has 104 valence electrons. The first-order chi connectivity index (χ1) is 9.08. The van der Waals surface area contributed by atoms with Crippen molar-refractivity contribution in [1.29, 1.82) is 0 Å². The van der Waals surface area contributed by atoms with Gasteiger partial charge in [0.2, 0.25) is 5.82 Å². The molecular weight excluding hydrogens is 268 g/mol. The predicted octanol–water partition coefficient (Wildman–Crippen LogP) is 2.54. The molecule has 19 heavy (non-hydrogen) atoms. The van der Waals surface area contributed by atoms with E-state index >= 15 is 0 Å². The molecule has 6 nitrogen and oxygen atoms in total.